The first-order valence-electron chi connectivity index (χ1n) is 5.91. The van der Waals surface area contributed by atoms with Crippen molar-refractivity contribution in [3.8, 4) is 0 Å². The van der Waals surface area contributed by atoms with Crippen LogP contribution in [0.2, 0.25) is 0 Å². The van der Waals surface area contributed by atoms with Crippen molar-refractivity contribution < 1.29 is 0 Å². The van der Waals surface area contributed by atoms with Crippen LogP contribution in [0.3, 0.4) is 0 Å². The molecule has 0 aliphatic heterocycles. The van der Waals surface area contributed by atoms with Crippen molar-refractivity contribution in [3.05, 3.63) is 0 Å². The van der Waals surface area contributed by atoms with Crippen molar-refractivity contribution in [2.24, 2.45) is 17.3 Å². The van der Waals surface area contributed by atoms with Crippen LogP contribution >= 0.6 is 15.9 Å². The maximum atomic E-state index is 4.01. The van der Waals surface area contributed by atoms with Gasteiger partial charge in [0.05, 0.1) is 0 Å². The molecule has 1 saturated carbocycles. The molecule has 0 heterocycles. The number of hydrogen-bond donors (Lipinski definition) is 0. The highest BCUT2D eigenvalue weighted by atomic mass is 79.9. The van der Waals surface area contributed by atoms with Crippen molar-refractivity contribution in [2.45, 2.75) is 64.6 Å². The summed E-state index contributed by atoms with van der Waals surface area (Å²) < 4.78 is 0.419. The molecule has 84 valence electrons. The Kier molecular flexibility index (Phi) is 3.72. The molecular weight excluding hydrogens is 236 g/mol. The van der Waals surface area contributed by atoms with Gasteiger partial charge in [0.25, 0.3) is 0 Å². The Morgan fingerprint density at radius 3 is 2.29 bits per heavy atom. The molecule has 1 aliphatic rings. The SMILES string of the molecule is CC(C)CC1(Br)CC(C)CC(C)(C)C1. The van der Waals surface area contributed by atoms with E-state index in [0.717, 1.165) is 11.8 Å². The third-order valence-corrected chi connectivity index (χ3v) is 4.11. The second-order valence-electron chi connectivity index (χ2n) is 6.60. The fraction of sp³-hybridized carbons (Fsp3) is 1.00. The van der Waals surface area contributed by atoms with Crippen LogP contribution in [0.5, 0.6) is 0 Å². The van der Waals surface area contributed by atoms with Crippen LogP contribution < -0.4 is 0 Å². The van der Waals surface area contributed by atoms with Crippen LogP contribution in [-0.4, -0.2) is 4.32 Å². The van der Waals surface area contributed by atoms with E-state index in [2.05, 4.69) is 50.5 Å². The van der Waals surface area contributed by atoms with Gasteiger partial charge in [0, 0.05) is 4.32 Å². The molecule has 0 aromatic carbocycles. The van der Waals surface area contributed by atoms with Gasteiger partial charge in [-0.25, -0.2) is 0 Å². The Hall–Kier alpha value is 0.480. The van der Waals surface area contributed by atoms with Gasteiger partial charge in [-0.3, -0.25) is 0 Å². The van der Waals surface area contributed by atoms with Crippen LogP contribution in [0.25, 0.3) is 0 Å². The summed E-state index contributed by atoms with van der Waals surface area (Å²) in [7, 11) is 0. The van der Waals surface area contributed by atoms with E-state index in [0.29, 0.717) is 9.74 Å². The minimum absolute atomic E-state index is 0.419. The average Bonchev–Trinajstić information content (AvgIpc) is 1.74. The second kappa shape index (κ2) is 4.15. The standard InChI is InChI=1S/C13H25Br/c1-10(2)6-13(14)8-11(3)7-12(4,5)9-13/h10-11H,6-9H2,1-5H3. The number of halogens is 1. The lowest BCUT2D eigenvalue weighted by Crippen LogP contribution is -2.38. The zero-order valence-corrected chi connectivity index (χ0v) is 11.9. The number of rotatable bonds is 2. The highest BCUT2D eigenvalue weighted by Gasteiger charge is 2.41. The molecule has 0 aromatic heterocycles. The van der Waals surface area contributed by atoms with Gasteiger partial charge in [-0.05, 0) is 42.9 Å². The maximum Gasteiger partial charge on any atom is 0.0268 e. The van der Waals surface area contributed by atoms with Crippen LogP contribution in [-0.2, 0) is 0 Å². The molecule has 0 radical (unpaired) electrons. The van der Waals surface area contributed by atoms with Gasteiger partial charge in [0.15, 0.2) is 0 Å². The molecule has 0 amide bonds. The molecule has 1 aliphatic carbocycles. The molecule has 1 fully saturated rings. The van der Waals surface area contributed by atoms with Crippen molar-refractivity contribution >= 4 is 15.9 Å². The fourth-order valence-corrected chi connectivity index (χ4v) is 5.49. The van der Waals surface area contributed by atoms with Crippen LogP contribution in [0.1, 0.15) is 60.3 Å². The Labute approximate surface area is 98.0 Å². The smallest absolute Gasteiger partial charge is 0.0268 e. The van der Waals surface area contributed by atoms with Crippen molar-refractivity contribution in [1.29, 1.82) is 0 Å². The molecule has 0 N–H and O–H groups in total. The molecular formula is C13H25Br. The van der Waals surface area contributed by atoms with Crippen LogP contribution in [0.4, 0.5) is 0 Å². The van der Waals surface area contributed by atoms with Gasteiger partial charge < -0.3 is 0 Å². The number of alkyl halides is 1. The summed E-state index contributed by atoms with van der Waals surface area (Å²) in [5, 5.41) is 0. The third-order valence-electron chi connectivity index (χ3n) is 3.18. The van der Waals surface area contributed by atoms with Gasteiger partial charge >= 0.3 is 0 Å². The molecule has 0 spiro atoms. The summed E-state index contributed by atoms with van der Waals surface area (Å²) in [6.45, 7) is 11.9. The Morgan fingerprint density at radius 1 is 1.29 bits per heavy atom. The summed E-state index contributed by atoms with van der Waals surface area (Å²) in [5.74, 6) is 1.67. The molecule has 1 heteroatoms. The summed E-state index contributed by atoms with van der Waals surface area (Å²) in [6.07, 6.45) is 5.40. The predicted molar refractivity (Wildman–Crippen MR) is 67.9 cm³/mol. The van der Waals surface area contributed by atoms with E-state index < -0.39 is 0 Å². The lowest BCUT2D eigenvalue weighted by atomic mass is 9.66. The molecule has 0 aromatic rings. The number of hydrogen-bond acceptors (Lipinski definition) is 0. The zero-order valence-electron chi connectivity index (χ0n) is 10.4. The first-order chi connectivity index (χ1) is 6.22. The van der Waals surface area contributed by atoms with Crippen molar-refractivity contribution in [2.75, 3.05) is 0 Å². The Bertz CT molecular complexity index is 191. The first-order valence-corrected chi connectivity index (χ1v) is 6.71. The molecule has 0 bridgehead atoms. The maximum absolute atomic E-state index is 4.01. The molecule has 0 saturated heterocycles. The molecule has 0 nitrogen and oxygen atoms in total. The van der Waals surface area contributed by atoms with Gasteiger partial charge in [-0.2, -0.15) is 0 Å². The average molecular weight is 261 g/mol. The lowest BCUT2D eigenvalue weighted by Gasteiger charge is -2.45. The van der Waals surface area contributed by atoms with E-state index in [1.165, 1.54) is 25.7 Å². The van der Waals surface area contributed by atoms with Crippen molar-refractivity contribution in [1.82, 2.24) is 0 Å². The van der Waals surface area contributed by atoms with E-state index in [4.69, 9.17) is 0 Å². The normalized spacial score (nSPS) is 37.5. The van der Waals surface area contributed by atoms with E-state index in [9.17, 15) is 0 Å². The van der Waals surface area contributed by atoms with E-state index >= 15 is 0 Å². The van der Waals surface area contributed by atoms with Crippen LogP contribution in [0, 0.1) is 17.3 Å². The first kappa shape index (κ1) is 12.5. The van der Waals surface area contributed by atoms with Crippen molar-refractivity contribution in [3.63, 3.8) is 0 Å². The second-order valence-corrected chi connectivity index (χ2v) is 8.29. The molecule has 2 atom stereocenters. The van der Waals surface area contributed by atoms with Gasteiger partial charge in [0.2, 0.25) is 0 Å². The van der Waals surface area contributed by atoms with Gasteiger partial charge in [0.1, 0.15) is 0 Å². The Morgan fingerprint density at radius 2 is 1.86 bits per heavy atom. The molecule has 14 heavy (non-hydrogen) atoms. The fourth-order valence-electron chi connectivity index (χ4n) is 3.53. The van der Waals surface area contributed by atoms with E-state index in [1.807, 2.05) is 0 Å². The monoisotopic (exact) mass is 260 g/mol. The zero-order chi connectivity index (χ0) is 11.0. The highest BCUT2D eigenvalue weighted by molar-refractivity contribution is 9.10. The minimum atomic E-state index is 0.419. The summed E-state index contributed by atoms with van der Waals surface area (Å²) in [4.78, 5) is 0. The largest absolute Gasteiger partial charge is 0.0853 e. The third kappa shape index (κ3) is 3.56. The molecule has 1 rings (SSSR count). The summed E-state index contributed by atoms with van der Waals surface area (Å²) in [5.41, 5.74) is 0.524. The van der Waals surface area contributed by atoms with Gasteiger partial charge in [-0.1, -0.05) is 50.5 Å². The molecule has 2 unspecified atom stereocenters. The van der Waals surface area contributed by atoms with Crippen LogP contribution in [0.15, 0.2) is 0 Å². The van der Waals surface area contributed by atoms with E-state index in [-0.39, 0.29) is 0 Å². The quantitative estimate of drug-likeness (QED) is 0.613. The topological polar surface area (TPSA) is 0 Å². The predicted octanol–water partition coefficient (Wildman–Crippen LogP) is 5.01. The summed E-state index contributed by atoms with van der Waals surface area (Å²) in [6, 6.07) is 0. The highest BCUT2D eigenvalue weighted by Crippen LogP contribution is 2.50. The van der Waals surface area contributed by atoms with E-state index in [1.54, 1.807) is 0 Å². The van der Waals surface area contributed by atoms with Gasteiger partial charge in [-0.15, -0.1) is 0 Å². The lowest BCUT2D eigenvalue weighted by molar-refractivity contribution is 0.144. The summed E-state index contributed by atoms with van der Waals surface area (Å²) >= 11 is 4.01. The Balaban J connectivity index is 2.68. The minimum Gasteiger partial charge on any atom is -0.0853 e.